The van der Waals surface area contributed by atoms with Crippen LogP contribution in [0.3, 0.4) is 0 Å². The molecule has 0 atom stereocenters. The first-order chi connectivity index (χ1) is 5.29. The maximum atomic E-state index is 10.8. The van der Waals surface area contributed by atoms with Gasteiger partial charge in [0.25, 0.3) is 5.91 Å². The Bertz CT molecular complexity index is 310. The SMILES string of the molecule is NC(=O)C1=C2C=CC=C2CN1. The van der Waals surface area contributed by atoms with E-state index in [0.717, 1.165) is 17.7 Å². The van der Waals surface area contributed by atoms with E-state index in [9.17, 15) is 4.79 Å². The molecule has 2 rings (SSSR count). The first kappa shape index (κ1) is 6.22. The molecule has 0 aromatic carbocycles. The molecule has 1 heterocycles. The number of rotatable bonds is 1. The monoisotopic (exact) mass is 148 g/mol. The van der Waals surface area contributed by atoms with Gasteiger partial charge in [-0.15, -0.1) is 0 Å². The number of fused-ring (bicyclic) bond motifs is 1. The number of nitrogens with one attached hydrogen (secondary N) is 1. The number of amides is 1. The van der Waals surface area contributed by atoms with E-state index in [0.29, 0.717) is 5.70 Å². The highest BCUT2D eigenvalue weighted by atomic mass is 16.1. The van der Waals surface area contributed by atoms with Crippen LogP contribution < -0.4 is 11.1 Å². The zero-order valence-electron chi connectivity index (χ0n) is 5.92. The lowest BCUT2D eigenvalue weighted by Gasteiger charge is -1.96. The summed E-state index contributed by atoms with van der Waals surface area (Å²) in [7, 11) is 0. The molecule has 1 aliphatic heterocycles. The van der Waals surface area contributed by atoms with Crippen LogP contribution in [0.1, 0.15) is 0 Å². The van der Waals surface area contributed by atoms with E-state index < -0.39 is 0 Å². The Labute approximate surface area is 64.3 Å². The minimum Gasteiger partial charge on any atom is -0.376 e. The zero-order valence-corrected chi connectivity index (χ0v) is 5.92. The minimum atomic E-state index is -0.380. The van der Waals surface area contributed by atoms with E-state index in [1.807, 2.05) is 18.2 Å². The number of nitrogens with two attached hydrogens (primary N) is 1. The van der Waals surface area contributed by atoms with Crippen molar-refractivity contribution in [2.75, 3.05) is 6.54 Å². The molecule has 0 aromatic rings. The van der Waals surface area contributed by atoms with Crippen molar-refractivity contribution >= 4 is 5.91 Å². The fraction of sp³-hybridized carbons (Fsp3) is 0.125. The van der Waals surface area contributed by atoms with Crippen molar-refractivity contribution in [3.63, 3.8) is 0 Å². The fourth-order valence-electron chi connectivity index (χ4n) is 1.35. The van der Waals surface area contributed by atoms with Crippen molar-refractivity contribution in [1.82, 2.24) is 5.32 Å². The molecular formula is C8H8N2O. The average Bonchev–Trinajstić information content (AvgIpc) is 2.41. The minimum absolute atomic E-state index is 0.380. The second-order valence-corrected chi connectivity index (χ2v) is 2.56. The van der Waals surface area contributed by atoms with Crippen LogP contribution in [-0.4, -0.2) is 12.5 Å². The molecule has 1 amide bonds. The highest BCUT2D eigenvalue weighted by Crippen LogP contribution is 2.25. The molecule has 0 saturated carbocycles. The van der Waals surface area contributed by atoms with Crippen molar-refractivity contribution in [3.05, 3.63) is 35.1 Å². The topological polar surface area (TPSA) is 55.1 Å². The van der Waals surface area contributed by atoms with Gasteiger partial charge in [0, 0.05) is 12.1 Å². The number of hydrogen-bond acceptors (Lipinski definition) is 2. The van der Waals surface area contributed by atoms with E-state index in [-0.39, 0.29) is 5.91 Å². The summed E-state index contributed by atoms with van der Waals surface area (Å²) in [5, 5.41) is 2.94. The normalized spacial score (nSPS) is 19.8. The number of carbonyl (C=O) groups excluding carboxylic acids is 1. The maximum Gasteiger partial charge on any atom is 0.265 e. The number of hydrogen-bond donors (Lipinski definition) is 2. The lowest BCUT2D eigenvalue weighted by atomic mass is 10.1. The van der Waals surface area contributed by atoms with Gasteiger partial charge in [-0.05, 0) is 5.57 Å². The van der Waals surface area contributed by atoms with Gasteiger partial charge in [-0.1, -0.05) is 18.2 Å². The Hall–Kier alpha value is -1.51. The van der Waals surface area contributed by atoms with Gasteiger partial charge in [-0.25, -0.2) is 0 Å². The Balaban J connectivity index is 2.48. The summed E-state index contributed by atoms with van der Waals surface area (Å²) in [6.45, 7) is 0.723. The third-order valence-electron chi connectivity index (χ3n) is 1.88. The number of allylic oxidation sites excluding steroid dienone is 3. The molecule has 0 saturated heterocycles. The smallest absolute Gasteiger partial charge is 0.265 e. The van der Waals surface area contributed by atoms with Crippen LogP contribution in [0, 0.1) is 0 Å². The Kier molecular flexibility index (Phi) is 1.12. The first-order valence-electron chi connectivity index (χ1n) is 3.44. The van der Waals surface area contributed by atoms with Crippen LogP contribution in [0.15, 0.2) is 35.1 Å². The van der Waals surface area contributed by atoms with Crippen molar-refractivity contribution in [1.29, 1.82) is 0 Å². The lowest BCUT2D eigenvalue weighted by molar-refractivity contribution is -0.114. The van der Waals surface area contributed by atoms with E-state index in [1.54, 1.807) is 0 Å². The molecule has 3 heteroatoms. The van der Waals surface area contributed by atoms with Crippen molar-refractivity contribution in [2.24, 2.45) is 5.73 Å². The van der Waals surface area contributed by atoms with E-state index in [1.165, 1.54) is 0 Å². The highest BCUT2D eigenvalue weighted by molar-refractivity contribution is 5.95. The fourth-order valence-corrected chi connectivity index (χ4v) is 1.35. The van der Waals surface area contributed by atoms with E-state index in [2.05, 4.69) is 5.32 Å². The van der Waals surface area contributed by atoms with Crippen LogP contribution in [-0.2, 0) is 4.79 Å². The first-order valence-corrected chi connectivity index (χ1v) is 3.44. The number of carbonyl (C=O) groups is 1. The van der Waals surface area contributed by atoms with Crippen molar-refractivity contribution in [3.8, 4) is 0 Å². The molecular weight excluding hydrogens is 140 g/mol. The van der Waals surface area contributed by atoms with Gasteiger partial charge < -0.3 is 11.1 Å². The van der Waals surface area contributed by atoms with Crippen LogP contribution in [0.4, 0.5) is 0 Å². The summed E-state index contributed by atoms with van der Waals surface area (Å²) in [5.74, 6) is -0.380. The van der Waals surface area contributed by atoms with Gasteiger partial charge in [0.2, 0.25) is 0 Å². The summed E-state index contributed by atoms with van der Waals surface area (Å²) in [6.07, 6.45) is 5.81. The number of primary amides is 1. The highest BCUT2D eigenvalue weighted by Gasteiger charge is 2.22. The molecule has 0 unspecified atom stereocenters. The summed E-state index contributed by atoms with van der Waals surface area (Å²) in [4.78, 5) is 10.8. The molecule has 3 nitrogen and oxygen atoms in total. The Morgan fingerprint density at radius 3 is 3.18 bits per heavy atom. The molecule has 3 N–H and O–H groups in total. The lowest BCUT2D eigenvalue weighted by Crippen LogP contribution is -2.23. The molecule has 0 radical (unpaired) electrons. The molecule has 2 aliphatic rings. The van der Waals surface area contributed by atoms with E-state index in [4.69, 9.17) is 5.73 Å². The second kappa shape index (κ2) is 1.99. The quantitative estimate of drug-likeness (QED) is 0.542. The summed E-state index contributed by atoms with van der Waals surface area (Å²) < 4.78 is 0. The average molecular weight is 148 g/mol. The third-order valence-corrected chi connectivity index (χ3v) is 1.88. The van der Waals surface area contributed by atoms with Crippen LogP contribution >= 0.6 is 0 Å². The van der Waals surface area contributed by atoms with Crippen molar-refractivity contribution in [2.45, 2.75) is 0 Å². The molecule has 0 bridgehead atoms. The summed E-state index contributed by atoms with van der Waals surface area (Å²) >= 11 is 0. The van der Waals surface area contributed by atoms with Crippen molar-refractivity contribution < 1.29 is 4.79 Å². The molecule has 0 aromatic heterocycles. The molecule has 56 valence electrons. The van der Waals surface area contributed by atoms with Gasteiger partial charge in [-0.2, -0.15) is 0 Å². The van der Waals surface area contributed by atoms with Gasteiger partial charge >= 0.3 is 0 Å². The summed E-state index contributed by atoms with van der Waals surface area (Å²) in [5.41, 5.74) is 7.79. The molecule has 0 spiro atoms. The van der Waals surface area contributed by atoms with E-state index >= 15 is 0 Å². The molecule has 11 heavy (non-hydrogen) atoms. The van der Waals surface area contributed by atoms with Gasteiger partial charge in [-0.3, -0.25) is 4.79 Å². The van der Waals surface area contributed by atoms with Crippen LogP contribution in [0.5, 0.6) is 0 Å². The third kappa shape index (κ3) is 0.774. The standard InChI is InChI=1S/C8H8N2O/c9-8(11)7-6-3-1-2-5(6)4-10-7/h1-3,10H,4H2,(H2,9,11). The molecule has 0 fully saturated rings. The van der Waals surface area contributed by atoms with Gasteiger partial charge in [0.15, 0.2) is 0 Å². The predicted octanol–water partition coefficient (Wildman–Crippen LogP) is -0.175. The largest absolute Gasteiger partial charge is 0.376 e. The molecule has 1 aliphatic carbocycles. The van der Waals surface area contributed by atoms with Crippen LogP contribution in [0.25, 0.3) is 0 Å². The Morgan fingerprint density at radius 2 is 2.45 bits per heavy atom. The van der Waals surface area contributed by atoms with Gasteiger partial charge in [0.1, 0.15) is 5.70 Å². The summed E-state index contributed by atoms with van der Waals surface area (Å²) in [6, 6.07) is 0. The Morgan fingerprint density at radius 1 is 1.64 bits per heavy atom. The zero-order chi connectivity index (χ0) is 7.84. The predicted molar refractivity (Wildman–Crippen MR) is 41.4 cm³/mol. The second-order valence-electron chi connectivity index (χ2n) is 2.56. The van der Waals surface area contributed by atoms with Gasteiger partial charge in [0.05, 0.1) is 0 Å². The maximum absolute atomic E-state index is 10.8. The van der Waals surface area contributed by atoms with Crippen LogP contribution in [0.2, 0.25) is 0 Å².